The summed E-state index contributed by atoms with van der Waals surface area (Å²) in [6, 6.07) is 6.94. The van der Waals surface area contributed by atoms with Crippen LogP contribution in [0.5, 0.6) is 11.5 Å². The molecule has 0 radical (unpaired) electrons. The average Bonchev–Trinajstić information content (AvgIpc) is 2.62. The number of likely N-dealkylation sites (N-methyl/N-ethyl adjacent to an activating group) is 1. The molecule has 1 aliphatic heterocycles. The molecule has 1 aliphatic rings. The van der Waals surface area contributed by atoms with Gasteiger partial charge in [0, 0.05) is 18.7 Å². The van der Waals surface area contributed by atoms with Crippen molar-refractivity contribution in [2.75, 3.05) is 40.9 Å². The van der Waals surface area contributed by atoms with Crippen LogP contribution in [-0.2, 0) is 6.42 Å². The van der Waals surface area contributed by atoms with Crippen molar-refractivity contribution in [2.45, 2.75) is 12.5 Å². The first-order valence-electron chi connectivity index (χ1n) is 8.66. The van der Waals surface area contributed by atoms with E-state index in [9.17, 15) is 8.78 Å². The number of nitrogens with zero attached hydrogens (tertiary/aromatic N) is 1. The zero-order valence-electron chi connectivity index (χ0n) is 15.3. The highest BCUT2D eigenvalue weighted by atomic mass is 19.1. The molecule has 3 rings (SSSR count). The summed E-state index contributed by atoms with van der Waals surface area (Å²) < 4.78 is 39.3. The monoisotopic (exact) mass is 362 g/mol. The molecule has 1 unspecified atom stereocenters. The second-order valence-electron chi connectivity index (χ2n) is 6.66. The highest BCUT2D eigenvalue weighted by Gasteiger charge is 2.26. The van der Waals surface area contributed by atoms with Crippen LogP contribution in [0.2, 0.25) is 0 Å². The molecule has 0 spiro atoms. The van der Waals surface area contributed by atoms with Crippen LogP contribution in [0, 0.1) is 11.6 Å². The average molecular weight is 362 g/mol. The largest absolute Gasteiger partial charge is 0.493 e. The molecule has 2 aromatic carbocycles. The third-order valence-electron chi connectivity index (χ3n) is 4.54. The summed E-state index contributed by atoms with van der Waals surface area (Å²) in [7, 11) is 5.55. The van der Waals surface area contributed by atoms with Crippen molar-refractivity contribution < 1.29 is 18.3 Å². The van der Waals surface area contributed by atoms with Crippen LogP contribution in [0.15, 0.2) is 30.3 Å². The molecule has 6 heteroatoms. The van der Waals surface area contributed by atoms with E-state index in [0.717, 1.165) is 30.2 Å². The van der Waals surface area contributed by atoms with Gasteiger partial charge in [-0.1, -0.05) is 0 Å². The van der Waals surface area contributed by atoms with Crippen molar-refractivity contribution in [3.63, 3.8) is 0 Å². The molecule has 140 valence electrons. The van der Waals surface area contributed by atoms with Gasteiger partial charge >= 0.3 is 0 Å². The molecule has 0 aliphatic carbocycles. The molecule has 0 fully saturated rings. The predicted molar refractivity (Wildman–Crippen MR) is 97.0 cm³/mol. The Hall–Kier alpha value is -2.18. The number of nitrogens with one attached hydrogen (secondary N) is 1. The van der Waals surface area contributed by atoms with Crippen LogP contribution < -0.4 is 14.8 Å². The van der Waals surface area contributed by atoms with E-state index >= 15 is 0 Å². The summed E-state index contributed by atoms with van der Waals surface area (Å²) in [4.78, 5) is 2.03. The third kappa shape index (κ3) is 3.97. The second-order valence-corrected chi connectivity index (χ2v) is 6.66. The number of methoxy groups -OCH3 is 1. The molecule has 26 heavy (non-hydrogen) atoms. The molecule has 2 aromatic rings. The summed E-state index contributed by atoms with van der Waals surface area (Å²) in [5.41, 5.74) is 2.24. The fourth-order valence-electron chi connectivity index (χ4n) is 3.19. The van der Waals surface area contributed by atoms with Crippen LogP contribution >= 0.6 is 0 Å². The number of ether oxygens (including phenoxy) is 2. The Labute approximate surface area is 152 Å². The quantitative estimate of drug-likeness (QED) is 0.856. The zero-order chi connectivity index (χ0) is 18.7. The Kier molecular flexibility index (Phi) is 5.74. The molecular weight excluding hydrogens is 338 g/mol. The van der Waals surface area contributed by atoms with E-state index < -0.39 is 17.7 Å². The first-order valence-corrected chi connectivity index (χ1v) is 8.66. The molecule has 0 saturated heterocycles. The molecule has 0 amide bonds. The lowest BCUT2D eigenvalue weighted by atomic mass is 9.89. The van der Waals surface area contributed by atoms with Crippen LogP contribution in [0.25, 0.3) is 0 Å². The summed E-state index contributed by atoms with van der Waals surface area (Å²) in [6.07, 6.45) is 0.789. The Morgan fingerprint density at radius 1 is 1.12 bits per heavy atom. The first-order chi connectivity index (χ1) is 12.5. The Morgan fingerprint density at radius 2 is 1.92 bits per heavy atom. The van der Waals surface area contributed by atoms with Crippen molar-refractivity contribution in [1.82, 2.24) is 10.2 Å². The van der Waals surface area contributed by atoms with Crippen LogP contribution in [0.4, 0.5) is 8.78 Å². The van der Waals surface area contributed by atoms with Crippen LogP contribution in [-0.4, -0.2) is 45.8 Å². The van der Waals surface area contributed by atoms with Gasteiger partial charge in [0.05, 0.1) is 13.2 Å². The number of fused-ring (bicyclic) bond motifs is 1. The summed E-state index contributed by atoms with van der Waals surface area (Å²) in [5.74, 6) is 0.385. The Bertz CT molecular complexity index is 781. The molecule has 1 N–H and O–H groups in total. The van der Waals surface area contributed by atoms with E-state index in [1.54, 1.807) is 7.11 Å². The molecule has 0 bridgehead atoms. The summed E-state index contributed by atoms with van der Waals surface area (Å²) in [5, 5.41) is 3.29. The highest BCUT2D eigenvalue weighted by molar-refractivity contribution is 5.51. The van der Waals surface area contributed by atoms with Gasteiger partial charge in [-0.2, -0.15) is 0 Å². The van der Waals surface area contributed by atoms with Crippen LogP contribution in [0.3, 0.4) is 0 Å². The van der Waals surface area contributed by atoms with Gasteiger partial charge in [-0.25, -0.2) is 8.78 Å². The van der Waals surface area contributed by atoms with Crippen molar-refractivity contribution in [3.8, 4) is 11.5 Å². The minimum Gasteiger partial charge on any atom is -0.493 e. The molecule has 1 heterocycles. The van der Waals surface area contributed by atoms with Crippen molar-refractivity contribution in [2.24, 2.45) is 0 Å². The van der Waals surface area contributed by atoms with E-state index in [0.29, 0.717) is 30.2 Å². The minimum absolute atomic E-state index is 0.301. The molecular formula is C20H24F2N2O2. The lowest BCUT2D eigenvalue weighted by Gasteiger charge is -2.29. The van der Waals surface area contributed by atoms with E-state index in [-0.39, 0.29) is 0 Å². The van der Waals surface area contributed by atoms with Gasteiger partial charge in [0.1, 0.15) is 18.2 Å². The lowest BCUT2D eigenvalue weighted by Crippen LogP contribution is -2.31. The SMILES string of the molecule is COc1cc2c(cc1OCCN(C)C)C(c1cc(F)ccc1F)NCC2. The van der Waals surface area contributed by atoms with Gasteiger partial charge in [-0.05, 0) is 62.0 Å². The lowest BCUT2D eigenvalue weighted by molar-refractivity contribution is 0.250. The van der Waals surface area contributed by atoms with Gasteiger partial charge in [-0.3, -0.25) is 0 Å². The van der Waals surface area contributed by atoms with E-state index in [1.165, 1.54) is 12.1 Å². The van der Waals surface area contributed by atoms with Crippen molar-refractivity contribution in [1.29, 1.82) is 0 Å². The maximum Gasteiger partial charge on any atom is 0.161 e. The summed E-state index contributed by atoms with van der Waals surface area (Å²) in [6.45, 7) is 1.95. The molecule has 1 atom stereocenters. The van der Waals surface area contributed by atoms with Gasteiger partial charge in [0.2, 0.25) is 0 Å². The normalized spacial score (nSPS) is 16.5. The fourth-order valence-corrected chi connectivity index (χ4v) is 3.19. The fraction of sp³-hybridized carbons (Fsp3) is 0.400. The Balaban J connectivity index is 1.98. The van der Waals surface area contributed by atoms with Gasteiger partial charge in [0.15, 0.2) is 11.5 Å². The number of halogens is 2. The smallest absolute Gasteiger partial charge is 0.161 e. The highest BCUT2D eigenvalue weighted by Crippen LogP contribution is 2.38. The number of hydrogen-bond donors (Lipinski definition) is 1. The third-order valence-corrected chi connectivity index (χ3v) is 4.54. The summed E-state index contributed by atoms with van der Waals surface area (Å²) >= 11 is 0. The molecule has 0 aromatic heterocycles. The van der Waals surface area contributed by atoms with Crippen molar-refractivity contribution in [3.05, 3.63) is 58.7 Å². The van der Waals surface area contributed by atoms with Gasteiger partial charge < -0.3 is 19.7 Å². The van der Waals surface area contributed by atoms with Gasteiger partial charge in [-0.15, -0.1) is 0 Å². The molecule has 4 nitrogen and oxygen atoms in total. The topological polar surface area (TPSA) is 33.7 Å². The second kappa shape index (κ2) is 8.01. The first kappa shape index (κ1) is 18.6. The maximum absolute atomic E-state index is 14.3. The zero-order valence-corrected chi connectivity index (χ0v) is 15.3. The number of rotatable bonds is 6. The van der Waals surface area contributed by atoms with E-state index in [2.05, 4.69) is 5.32 Å². The maximum atomic E-state index is 14.3. The number of benzene rings is 2. The van der Waals surface area contributed by atoms with E-state index in [1.807, 2.05) is 31.1 Å². The van der Waals surface area contributed by atoms with Gasteiger partial charge in [0.25, 0.3) is 0 Å². The van der Waals surface area contributed by atoms with E-state index in [4.69, 9.17) is 9.47 Å². The Morgan fingerprint density at radius 3 is 2.65 bits per heavy atom. The number of hydrogen-bond acceptors (Lipinski definition) is 4. The predicted octanol–water partition coefficient (Wildman–Crippen LogP) is 3.15. The van der Waals surface area contributed by atoms with Crippen molar-refractivity contribution >= 4 is 0 Å². The minimum atomic E-state index is -0.453. The van der Waals surface area contributed by atoms with Crippen LogP contribution in [0.1, 0.15) is 22.7 Å². The molecule has 0 saturated carbocycles. The standard InChI is InChI=1S/C20H24F2N2O2/c1-24(2)8-9-26-19-12-15-13(10-18(19)25-3)6-7-23-20(15)16-11-14(21)4-5-17(16)22/h4-5,10-12,20,23H,6-9H2,1-3H3.